The Morgan fingerprint density at radius 1 is 1.47 bits per heavy atom. The molecule has 0 atom stereocenters. The molecule has 0 aliphatic heterocycles. The van der Waals surface area contributed by atoms with Gasteiger partial charge in [-0.25, -0.2) is 0 Å². The number of hydrogen-bond donors (Lipinski definition) is 0. The SMILES string of the molecule is CCCn1nc([N+](=O)[O-])c2ccccc21. The number of nitro groups is 1. The van der Waals surface area contributed by atoms with Crippen LogP contribution in [0.4, 0.5) is 5.82 Å². The highest BCUT2D eigenvalue weighted by Crippen LogP contribution is 2.24. The van der Waals surface area contributed by atoms with E-state index in [4.69, 9.17) is 0 Å². The Balaban J connectivity index is 2.67. The van der Waals surface area contributed by atoms with Crippen LogP contribution in [-0.4, -0.2) is 14.7 Å². The average Bonchev–Trinajstić information content (AvgIpc) is 2.59. The minimum absolute atomic E-state index is 0.0564. The molecule has 0 bridgehead atoms. The van der Waals surface area contributed by atoms with Gasteiger partial charge in [-0.05, 0) is 23.5 Å². The molecule has 1 aromatic heterocycles. The van der Waals surface area contributed by atoms with E-state index < -0.39 is 4.92 Å². The standard InChI is InChI=1S/C10H11N3O2/c1-2-7-12-9-6-4-3-5-8(9)10(11-12)13(14)15/h3-6H,2,7H2,1H3. The van der Waals surface area contributed by atoms with Crippen LogP contribution < -0.4 is 0 Å². The van der Waals surface area contributed by atoms with E-state index in [-0.39, 0.29) is 5.82 Å². The summed E-state index contributed by atoms with van der Waals surface area (Å²) in [5.74, 6) is -0.0564. The maximum absolute atomic E-state index is 10.8. The molecule has 0 unspecified atom stereocenters. The number of aryl methyl sites for hydroxylation is 1. The number of para-hydroxylation sites is 1. The predicted molar refractivity (Wildman–Crippen MR) is 56.7 cm³/mol. The minimum atomic E-state index is -0.436. The number of rotatable bonds is 3. The molecule has 15 heavy (non-hydrogen) atoms. The molecule has 1 aromatic carbocycles. The van der Waals surface area contributed by atoms with Crippen LogP contribution in [0.3, 0.4) is 0 Å². The summed E-state index contributed by atoms with van der Waals surface area (Å²) < 4.78 is 1.69. The summed E-state index contributed by atoms with van der Waals surface area (Å²) in [6.07, 6.45) is 0.906. The Bertz CT molecular complexity index is 504. The van der Waals surface area contributed by atoms with E-state index in [1.54, 1.807) is 16.8 Å². The van der Waals surface area contributed by atoms with Gasteiger partial charge in [-0.2, -0.15) is 4.68 Å². The molecule has 0 saturated heterocycles. The molecular weight excluding hydrogens is 194 g/mol. The largest absolute Gasteiger partial charge is 0.397 e. The molecular formula is C10H11N3O2. The second-order valence-corrected chi connectivity index (χ2v) is 3.32. The fourth-order valence-corrected chi connectivity index (χ4v) is 1.63. The quantitative estimate of drug-likeness (QED) is 0.570. The van der Waals surface area contributed by atoms with Crippen LogP contribution in [0.25, 0.3) is 10.9 Å². The number of benzene rings is 1. The Morgan fingerprint density at radius 3 is 2.87 bits per heavy atom. The van der Waals surface area contributed by atoms with Crippen LogP contribution in [0, 0.1) is 10.1 Å². The van der Waals surface area contributed by atoms with Crippen LogP contribution >= 0.6 is 0 Å². The molecule has 0 radical (unpaired) electrons. The van der Waals surface area contributed by atoms with Gasteiger partial charge in [0.1, 0.15) is 5.39 Å². The van der Waals surface area contributed by atoms with E-state index in [1.807, 2.05) is 19.1 Å². The van der Waals surface area contributed by atoms with Crippen molar-refractivity contribution in [3.05, 3.63) is 34.4 Å². The van der Waals surface area contributed by atoms with Crippen molar-refractivity contribution in [2.24, 2.45) is 0 Å². The lowest BCUT2D eigenvalue weighted by atomic mass is 10.2. The number of aromatic nitrogens is 2. The van der Waals surface area contributed by atoms with E-state index in [2.05, 4.69) is 5.10 Å². The first-order valence-corrected chi connectivity index (χ1v) is 4.84. The Hall–Kier alpha value is -1.91. The maximum Gasteiger partial charge on any atom is 0.397 e. The summed E-state index contributed by atoms with van der Waals surface area (Å²) in [6, 6.07) is 7.23. The Kier molecular flexibility index (Phi) is 2.37. The van der Waals surface area contributed by atoms with Crippen molar-refractivity contribution in [2.75, 3.05) is 0 Å². The molecule has 1 heterocycles. The Labute approximate surface area is 86.5 Å². The third-order valence-corrected chi connectivity index (χ3v) is 2.25. The lowest BCUT2D eigenvalue weighted by Crippen LogP contribution is -1.99. The summed E-state index contributed by atoms with van der Waals surface area (Å²) in [5, 5.41) is 15.4. The zero-order valence-electron chi connectivity index (χ0n) is 8.38. The summed E-state index contributed by atoms with van der Waals surface area (Å²) in [4.78, 5) is 10.3. The first-order valence-electron chi connectivity index (χ1n) is 4.84. The molecule has 0 fully saturated rings. The molecule has 0 saturated carbocycles. The molecule has 2 rings (SSSR count). The van der Waals surface area contributed by atoms with Gasteiger partial charge in [0.25, 0.3) is 0 Å². The zero-order valence-corrected chi connectivity index (χ0v) is 8.38. The normalized spacial score (nSPS) is 10.7. The van der Waals surface area contributed by atoms with Crippen molar-refractivity contribution in [1.29, 1.82) is 0 Å². The van der Waals surface area contributed by atoms with Gasteiger partial charge in [0.2, 0.25) is 0 Å². The highest BCUT2D eigenvalue weighted by molar-refractivity contribution is 5.86. The van der Waals surface area contributed by atoms with Crippen molar-refractivity contribution in [3.8, 4) is 0 Å². The number of hydrogen-bond acceptors (Lipinski definition) is 3. The van der Waals surface area contributed by atoms with Crippen LogP contribution in [0.2, 0.25) is 0 Å². The van der Waals surface area contributed by atoms with Gasteiger partial charge < -0.3 is 10.1 Å². The minimum Gasteiger partial charge on any atom is -0.358 e. The highest BCUT2D eigenvalue weighted by Gasteiger charge is 2.19. The van der Waals surface area contributed by atoms with Gasteiger partial charge in [-0.1, -0.05) is 19.1 Å². The number of fused-ring (bicyclic) bond motifs is 1. The monoisotopic (exact) mass is 205 g/mol. The third-order valence-electron chi connectivity index (χ3n) is 2.25. The molecule has 2 aromatic rings. The molecule has 0 N–H and O–H groups in total. The lowest BCUT2D eigenvalue weighted by molar-refractivity contribution is -0.388. The van der Waals surface area contributed by atoms with Crippen LogP contribution in [0.1, 0.15) is 13.3 Å². The molecule has 0 amide bonds. The summed E-state index contributed by atoms with van der Waals surface area (Å²) in [7, 11) is 0. The maximum atomic E-state index is 10.8. The Morgan fingerprint density at radius 2 is 2.20 bits per heavy atom. The second kappa shape index (κ2) is 3.68. The zero-order chi connectivity index (χ0) is 10.8. The third kappa shape index (κ3) is 1.56. The van der Waals surface area contributed by atoms with E-state index in [0.29, 0.717) is 11.9 Å². The molecule has 0 aliphatic rings. The second-order valence-electron chi connectivity index (χ2n) is 3.32. The topological polar surface area (TPSA) is 61.0 Å². The molecule has 0 spiro atoms. The van der Waals surface area contributed by atoms with Gasteiger partial charge in [0.05, 0.1) is 17.2 Å². The predicted octanol–water partition coefficient (Wildman–Crippen LogP) is 2.35. The van der Waals surface area contributed by atoms with Gasteiger partial charge in [-0.15, -0.1) is 0 Å². The van der Waals surface area contributed by atoms with Crippen LogP contribution in [0.15, 0.2) is 24.3 Å². The molecule has 5 heteroatoms. The summed E-state index contributed by atoms with van der Waals surface area (Å²) in [6.45, 7) is 2.72. The van der Waals surface area contributed by atoms with E-state index in [0.717, 1.165) is 11.9 Å². The fourth-order valence-electron chi connectivity index (χ4n) is 1.63. The first kappa shape index (κ1) is 9.64. The van der Waals surface area contributed by atoms with E-state index >= 15 is 0 Å². The van der Waals surface area contributed by atoms with Crippen molar-refractivity contribution in [3.63, 3.8) is 0 Å². The van der Waals surface area contributed by atoms with Crippen molar-refractivity contribution < 1.29 is 4.92 Å². The fraction of sp³-hybridized carbons (Fsp3) is 0.300. The van der Waals surface area contributed by atoms with E-state index in [1.165, 1.54) is 0 Å². The lowest BCUT2D eigenvalue weighted by Gasteiger charge is -1.93. The van der Waals surface area contributed by atoms with Crippen molar-refractivity contribution in [2.45, 2.75) is 19.9 Å². The summed E-state index contributed by atoms with van der Waals surface area (Å²) >= 11 is 0. The van der Waals surface area contributed by atoms with Gasteiger partial charge in [0.15, 0.2) is 0 Å². The molecule has 5 nitrogen and oxygen atoms in total. The molecule has 78 valence electrons. The van der Waals surface area contributed by atoms with Crippen LogP contribution in [0.5, 0.6) is 0 Å². The van der Waals surface area contributed by atoms with Gasteiger partial charge in [0, 0.05) is 0 Å². The van der Waals surface area contributed by atoms with Gasteiger partial charge >= 0.3 is 5.82 Å². The highest BCUT2D eigenvalue weighted by atomic mass is 16.6. The van der Waals surface area contributed by atoms with E-state index in [9.17, 15) is 10.1 Å². The van der Waals surface area contributed by atoms with Crippen molar-refractivity contribution >= 4 is 16.7 Å². The van der Waals surface area contributed by atoms with Gasteiger partial charge in [-0.3, -0.25) is 0 Å². The summed E-state index contributed by atoms with van der Waals surface area (Å²) in [5.41, 5.74) is 0.825. The first-order chi connectivity index (χ1) is 7.24. The average molecular weight is 205 g/mol. The van der Waals surface area contributed by atoms with Crippen molar-refractivity contribution in [1.82, 2.24) is 9.78 Å². The van der Waals surface area contributed by atoms with Crippen LogP contribution in [-0.2, 0) is 6.54 Å². The number of nitrogens with zero attached hydrogens (tertiary/aromatic N) is 3. The smallest absolute Gasteiger partial charge is 0.358 e. The molecule has 0 aliphatic carbocycles.